The summed E-state index contributed by atoms with van der Waals surface area (Å²) in [5.41, 5.74) is 2.48. The normalized spacial score (nSPS) is 18.0. The van der Waals surface area contributed by atoms with Crippen molar-refractivity contribution in [2.75, 3.05) is 12.4 Å². The molecule has 32 heavy (non-hydrogen) atoms. The molecule has 2 aromatic carbocycles. The van der Waals surface area contributed by atoms with Gasteiger partial charge in [-0.25, -0.2) is 0 Å². The number of methoxy groups -OCH3 is 1. The highest BCUT2D eigenvalue weighted by Gasteiger charge is 2.33. The lowest BCUT2D eigenvalue weighted by atomic mass is 10.0. The maximum absolute atomic E-state index is 12.0. The zero-order valence-corrected chi connectivity index (χ0v) is 19.1. The number of anilines is 1. The molecule has 3 aromatic rings. The maximum Gasteiger partial charge on any atom is 0.310 e. The number of ether oxygens (including phenoxy) is 2. The Kier molecular flexibility index (Phi) is 6.65. The molecule has 1 fully saturated rings. The predicted octanol–water partition coefficient (Wildman–Crippen LogP) is 5.60. The van der Waals surface area contributed by atoms with Crippen LogP contribution in [-0.4, -0.2) is 35.4 Å². The fraction of sp³-hybridized carbons (Fsp3) is 0.375. The average molecular weight is 456 g/mol. The molecule has 8 heteroatoms. The minimum absolute atomic E-state index is 0.0348. The first-order valence-electron chi connectivity index (χ1n) is 10.7. The number of halogens is 1. The summed E-state index contributed by atoms with van der Waals surface area (Å²) < 4.78 is 16.1. The van der Waals surface area contributed by atoms with E-state index in [4.69, 9.17) is 25.6 Å². The SMILES string of the molecule is COC(=O)[C@@H]1CCC[C@@H]1Nc1ccc(-c2nc(-c3ccc(OC(C)C)c(Cl)c3)no2)cc1. The van der Waals surface area contributed by atoms with Crippen molar-refractivity contribution in [1.29, 1.82) is 0 Å². The van der Waals surface area contributed by atoms with E-state index in [2.05, 4.69) is 15.5 Å². The van der Waals surface area contributed by atoms with Gasteiger partial charge in [0.15, 0.2) is 0 Å². The summed E-state index contributed by atoms with van der Waals surface area (Å²) in [5, 5.41) is 8.03. The van der Waals surface area contributed by atoms with Gasteiger partial charge in [0.05, 0.1) is 24.2 Å². The average Bonchev–Trinajstić information content (AvgIpc) is 3.45. The van der Waals surface area contributed by atoms with E-state index in [9.17, 15) is 4.79 Å². The number of aromatic nitrogens is 2. The molecule has 0 amide bonds. The van der Waals surface area contributed by atoms with Crippen molar-refractivity contribution < 1.29 is 18.8 Å². The first-order valence-corrected chi connectivity index (χ1v) is 11.1. The van der Waals surface area contributed by atoms with Crippen LogP contribution in [0.15, 0.2) is 47.0 Å². The molecule has 1 N–H and O–H groups in total. The lowest BCUT2D eigenvalue weighted by molar-refractivity contribution is -0.145. The molecule has 168 valence electrons. The van der Waals surface area contributed by atoms with Crippen molar-refractivity contribution in [3.63, 3.8) is 0 Å². The molecule has 0 aliphatic heterocycles. The number of rotatable bonds is 7. The van der Waals surface area contributed by atoms with Gasteiger partial charge in [-0.3, -0.25) is 4.79 Å². The minimum atomic E-state index is -0.154. The smallest absolute Gasteiger partial charge is 0.310 e. The molecule has 1 aliphatic carbocycles. The highest BCUT2D eigenvalue weighted by atomic mass is 35.5. The monoisotopic (exact) mass is 455 g/mol. The van der Waals surface area contributed by atoms with E-state index < -0.39 is 0 Å². The summed E-state index contributed by atoms with van der Waals surface area (Å²) in [7, 11) is 1.44. The molecular weight excluding hydrogens is 430 g/mol. The zero-order chi connectivity index (χ0) is 22.7. The van der Waals surface area contributed by atoms with Crippen LogP contribution in [0.1, 0.15) is 33.1 Å². The molecule has 1 aliphatic rings. The summed E-state index contributed by atoms with van der Waals surface area (Å²) >= 11 is 6.33. The summed E-state index contributed by atoms with van der Waals surface area (Å²) in [6, 6.07) is 13.2. The largest absolute Gasteiger partial charge is 0.489 e. The Morgan fingerprint density at radius 1 is 1.16 bits per heavy atom. The summed E-state index contributed by atoms with van der Waals surface area (Å²) in [5.74, 6) is 1.22. The van der Waals surface area contributed by atoms with E-state index in [0.717, 1.165) is 36.1 Å². The molecule has 2 atom stereocenters. The number of hydrogen-bond acceptors (Lipinski definition) is 7. The van der Waals surface area contributed by atoms with Gasteiger partial charge >= 0.3 is 5.97 Å². The number of nitrogens with zero attached hydrogens (tertiary/aromatic N) is 2. The van der Waals surface area contributed by atoms with Gasteiger partial charge in [-0.1, -0.05) is 23.2 Å². The number of benzene rings is 2. The molecule has 0 spiro atoms. The molecule has 1 aromatic heterocycles. The highest BCUT2D eigenvalue weighted by Crippen LogP contribution is 2.32. The maximum atomic E-state index is 12.0. The Hall–Kier alpha value is -3.06. The highest BCUT2D eigenvalue weighted by molar-refractivity contribution is 6.32. The van der Waals surface area contributed by atoms with Crippen LogP contribution in [0.2, 0.25) is 5.02 Å². The Bertz CT molecular complexity index is 1080. The molecule has 0 saturated heterocycles. The summed E-state index contributed by atoms with van der Waals surface area (Å²) in [6.07, 6.45) is 2.84. The van der Waals surface area contributed by atoms with Crippen molar-refractivity contribution in [1.82, 2.24) is 10.1 Å². The van der Waals surface area contributed by atoms with Crippen LogP contribution in [0, 0.1) is 5.92 Å². The van der Waals surface area contributed by atoms with E-state index in [1.807, 2.05) is 44.2 Å². The van der Waals surface area contributed by atoms with Crippen molar-refractivity contribution >= 4 is 23.3 Å². The quantitative estimate of drug-likeness (QED) is 0.464. The van der Waals surface area contributed by atoms with Crippen molar-refractivity contribution in [3.8, 4) is 28.6 Å². The second-order valence-corrected chi connectivity index (χ2v) is 8.53. The number of nitrogens with one attached hydrogen (secondary N) is 1. The number of carbonyl (C=O) groups excluding carboxylic acids is 1. The predicted molar refractivity (Wildman–Crippen MR) is 123 cm³/mol. The van der Waals surface area contributed by atoms with E-state index in [1.165, 1.54) is 7.11 Å². The van der Waals surface area contributed by atoms with Gasteiger partial charge < -0.3 is 19.3 Å². The standard InChI is InChI=1S/C24H26ClN3O4/c1-14(2)31-21-12-9-16(13-19(21)25)22-27-23(32-28-22)15-7-10-17(11-8-15)26-20-6-4-5-18(20)24(29)30-3/h7-14,18,20,26H,4-6H2,1-3H3/t18-,20+/m1/s1. The molecule has 4 rings (SSSR count). The van der Waals surface area contributed by atoms with Crippen LogP contribution < -0.4 is 10.1 Å². The van der Waals surface area contributed by atoms with Crippen LogP contribution in [0.25, 0.3) is 22.8 Å². The molecule has 0 unspecified atom stereocenters. The van der Waals surface area contributed by atoms with E-state index in [1.54, 1.807) is 12.1 Å². The third-order valence-electron chi connectivity index (χ3n) is 5.48. The van der Waals surface area contributed by atoms with Gasteiger partial charge in [0, 0.05) is 22.9 Å². The molecular formula is C24H26ClN3O4. The third kappa shape index (κ3) is 4.88. The van der Waals surface area contributed by atoms with Gasteiger partial charge in [-0.05, 0) is 69.2 Å². The minimum Gasteiger partial charge on any atom is -0.489 e. The molecule has 1 saturated carbocycles. The topological polar surface area (TPSA) is 86.5 Å². The van der Waals surface area contributed by atoms with Gasteiger partial charge in [0.25, 0.3) is 5.89 Å². The Balaban J connectivity index is 1.46. The fourth-order valence-electron chi connectivity index (χ4n) is 3.94. The number of esters is 1. The molecule has 1 heterocycles. The third-order valence-corrected chi connectivity index (χ3v) is 5.78. The Morgan fingerprint density at radius 2 is 1.91 bits per heavy atom. The van der Waals surface area contributed by atoms with Crippen molar-refractivity contribution in [3.05, 3.63) is 47.5 Å². The Morgan fingerprint density at radius 3 is 2.59 bits per heavy atom. The van der Waals surface area contributed by atoms with Crippen LogP contribution in [0.3, 0.4) is 0 Å². The van der Waals surface area contributed by atoms with Crippen molar-refractivity contribution in [2.45, 2.75) is 45.3 Å². The fourth-order valence-corrected chi connectivity index (χ4v) is 4.16. The van der Waals surface area contributed by atoms with Gasteiger partial charge in [0.2, 0.25) is 5.82 Å². The van der Waals surface area contributed by atoms with Gasteiger partial charge in [0.1, 0.15) is 5.75 Å². The second kappa shape index (κ2) is 9.61. The van der Waals surface area contributed by atoms with Crippen molar-refractivity contribution in [2.24, 2.45) is 5.92 Å². The Labute approximate surface area is 192 Å². The first kappa shape index (κ1) is 22.1. The summed E-state index contributed by atoms with van der Waals surface area (Å²) in [4.78, 5) is 16.5. The number of carbonyl (C=O) groups is 1. The van der Waals surface area contributed by atoms with Crippen LogP contribution in [-0.2, 0) is 9.53 Å². The number of hydrogen-bond donors (Lipinski definition) is 1. The first-order chi connectivity index (χ1) is 15.4. The molecule has 0 bridgehead atoms. The lowest BCUT2D eigenvalue weighted by Gasteiger charge is -2.20. The van der Waals surface area contributed by atoms with E-state index in [0.29, 0.717) is 22.5 Å². The summed E-state index contributed by atoms with van der Waals surface area (Å²) in [6.45, 7) is 3.89. The van der Waals surface area contributed by atoms with E-state index in [-0.39, 0.29) is 24.0 Å². The molecule has 7 nitrogen and oxygen atoms in total. The lowest BCUT2D eigenvalue weighted by Crippen LogP contribution is -2.30. The van der Waals surface area contributed by atoms with Crippen LogP contribution in [0.4, 0.5) is 5.69 Å². The van der Waals surface area contributed by atoms with Gasteiger partial charge in [-0.2, -0.15) is 4.98 Å². The second-order valence-electron chi connectivity index (χ2n) is 8.12. The molecule has 0 radical (unpaired) electrons. The van der Waals surface area contributed by atoms with E-state index >= 15 is 0 Å². The van der Waals surface area contributed by atoms with Crippen LogP contribution in [0.5, 0.6) is 5.75 Å². The van der Waals surface area contributed by atoms with Gasteiger partial charge in [-0.15, -0.1) is 0 Å². The zero-order valence-electron chi connectivity index (χ0n) is 18.3. The van der Waals surface area contributed by atoms with Crippen LogP contribution >= 0.6 is 11.6 Å².